The van der Waals surface area contributed by atoms with E-state index in [0.29, 0.717) is 0 Å². The van der Waals surface area contributed by atoms with Crippen molar-refractivity contribution < 1.29 is 4.57 Å². The second kappa shape index (κ2) is 8.22. The van der Waals surface area contributed by atoms with E-state index in [0.717, 1.165) is 49.1 Å². The van der Waals surface area contributed by atoms with Gasteiger partial charge < -0.3 is 9.13 Å². The van der Waals surface area contributed by atoms with Crippen molar-refractivity contribution in [2.75, 3.05) is 0 Å². The molecule has 7 aromatic rings. The standard InChI is InChI=1S/C39H28NOP/c1-39(2)33-17-9-6-14-27(33)28-21-20-25(24-34(28)39)40-35-18-10-7-15-29(35)31-22-23-32-30-16-8-11-19-36(30)42(41,38(32)37(31)40)26-12-4-3-5-13-26/h3-24H,1-2H3. The van der Waals surface area contributed by atoms with Gasteiger partial charge in [0.2, 0.25) is 0 Å². The van der Waals surface area contributed by atoms with Gasteiger partial charge in [-0.2, -0.15) is 0 Å². The van der Waals surface area contributed by atoms with Crippen LogP contribution in [0.5, 0.6) is 0 Å². The largest absolute Gasteiger partial charge is 0.309 e. The van der Waals surface area contributed by atoms with Crippen molar-refractivity contribution in [3.63, 3.8) is 0 Å². The Morgan fingerprint density at radius 1 is 0.571 bits per heavy atom. The zero-order valence-corrected chi connectivity index (χ0v) is 24.4. The number of rotatable bonds is 2. The van der Waals surface area contributed by atoms with Gasteiger partial charge in [-0.25, -0.2) is 0 Å². The zero-order valence-electron chi connectivity index (χ0n) is 23.5. The summed E-state index contributed by atoms with van der Waals surface area (Å²) in [4.78, 5) is 0. The number of fused-ring (bicyclic) bond motifs is 10. The van der Waals surface area contributed by atoms with Gasteiger partial charge >= 0.3 is 0 Å². The topological polar surface area (TPSA) is 22.0 Å². The Labute approximate surface area is 245 Å². The lowest BCUT2D eigenvalue weighted by atomic mass is 9.82. The average molecular weight is 558 g/mol. The maximum atomic E-state index is 15.8. The summed E-state index contributed by atoms with van der Waals surface area (Å²) in [6.45, 7) is 4.65. The molecule has 2 heterocycles. The van der Waals surface area contributed by atoms with Crippen LogP contribution in [0.2, 0.25) is 0 Å². The summed E-state index contributed by atoms with van der Waals surface area (Å²) in [5, 5.41) is 5.07. The lowest BCUT2D eigenvalue weighted by Gasteiger charge is -2.23. The zero-order chi connectivity index (χ0) is 28.2. The second-order valence-electron chi connectivity index (χ2n) is 12.1. The van der Waals surface area contributed by atoms with Gasteiger partial charge in [0.15, 0.2) is 7.14 Å². The summed E-state index contributed by atoms with van der Waals surface area (Å²) >= 11 is 0. The number of hydrogen-bond donors (Lipinski definition) is 0. The second-order valence-corrected chi connectivity index (χ2v) is 14.7. The van der Waals surface area contributed by atoms with Crippen LogP contribution in [0.4, 0.5) is 0 Å². The van der Waals surface area contributed by atoms with E-state index >= 15 is 4.57 Å². The first-order chi connectivity index (χ1) is 20.5. The fourth-order valence-electron chi connectivity index (χ4n) is 7.68. The van der Waals surface area contributed by atoms with Crippen LogP contribution in [-0.4, -0.2) is 4.57 Å². The van der Waals surface area contributed by atoms with E-state index in [9.17, 15) is 0 Å². The monoisotopic (exact) mass is 557 g/mol. The van der Waals surface area contributed by atoms with E-state index in [1.165, 1.54) is 27.6 Å². The summed E-state index contributed by atoms with van der Waals surface area (Å²) in [7, 11) is -3.16. The average Bonchev–Trinajstić information content (AvgIpc) is 3.60. The fourth-order valence-corrected chi connectivity index (χ4v) is 10.9. The quantitative estimate of drug-likeness (QED) is 0.195. The van der Waals surface area contributed by atoms with Gasteiger partial charge in [-0.3, -0.25) is 0 Å². The summed E-state index contributed by atoms with van der Waals surface area (Å²) in [6, 6.07) is 47.1. The summed E-state index contributed by atoms with van der Waals surface area (Å²) in [5.74, 6) is 0. The maximum absolute atomic E-state index is 15.8. The van der Waals surface area contributed by atoms with Crippen LogP contribution in [0.3, 0.4) is 0 Å². The Kier molecular flexibility index (Phi) is 4.69. The van der Waals surface area contributed by atoms with Crippen LogP contribution in [0.1, 0.15) is 25.0 Å². The molecular weight excluding hydrogens is 529 g/mol. The molecule has 0 fully saturated rings. The SMILES string of the molecule is CC1(C)c2ccccc2-c2ccc(-n3c4ccccc4c4ccc5c(c43)P(=O)(c3ccccc3)c3ccccc3-5)cc21. The third-order valence-corrected chi connectivity index (χ3v) is 12.8. The number of para-hydroxylation sites is 1. The van der Waals surface area contributed by atoms with Gasteiger partial charge in [0, 0.05) is 32.5 Å². The minimum atomic E-state index is -3.16. The molecule has 3 heteroatoms. The van der Waals surface area contributed by atoms with Crippen molar-refractivity contribution in [3.8, 4) is 27.9 Å². The molecule has 1 aliphatic heterocycles. The molecule has 0 radical (unpaired) electrons. The normalized spacial score (nSPS) is 17.7. The van der Waals surface area contributed by atoms with E-state index in [4.69, 9.17) is 0 Å². The van der Waals surface area contributed by atoms with Crippen molar-refractivity contribution >= 4 is 44.9 Å². The smallest absolute Gasteiger partial charge is 0.174 e. The number of aromatic nitrogens is 1. The number of hydrogen-bond acceptors (Lipinski definition) is 1. The van der Waals surface area contributed by atoms with Gasteiger partial charge in [-0.1, -0.05) is 129 Å². The van der Waals surface area contributed by atoms with Crippen LogP contribution in [-0.2, 0) is 9.98 Å². The molecule has 1 atom stereocenters. The molecule has 0 saturated heterocycles. The van der Waals surface area contributed by atoms with Gasteiger partial charge in [0.05, 0.1) is 16.3 Å². The molecule has 2 aliphatic rings. The van der Waals surface area contributed by atoms with Crippen molar-refractivity contribution in [2.45, 2.75) is 19.3 Å². The first-order valence-corrected chi connectivity index (χ1v) is 16.3. The molecule has 2 nitrogen and oxygen atoms in total. The molecule has 1 aliphatic carbocycles. The van der Waals surface area contributed by atoms with Gasteiger partial charge in [0.1, 0.15) is 0 Å². The molecule has 9 rings (SSSR count). The Hall–Kier alpha value is -4.65. The van der Waals surface area contributed by atoms with Crippen molar-refractivity contribution in [2.24, 2.45) is 0 Å². The molecule has 0 saturated carbocycles. The molecule has 42 heavy (non-hydrogen) atoms. The van der Waals surface area contributed by atoms with Gasteiger partial charge in [-0.15, -0.1) is 0 Å². The van der Waals surface area contributed by atoms with Crippen molar-refractivity contribution in [1.29, 1.82) is 0 Å². The Balaban J connectivity index is 1.43. The highest BCUT2D eigenvalue weighted by Gasteiger charge is 2.43. The van der Waals surface area contributed by atoms with Gasteiger partial charge in [0.25, 0.3) is 0 Å². The molecule has 6 aromatic carbocycles. The summed E-state index contributed by atoms with van der Waals surface area (Å²) in [5.41, 5.74) is 10.6. The Morgan fingerprint density at radius 3 is 2.10 bits per heavy atom. The Morgan fingerprint density at radius 2 is 1.24 bits per heavy atom. The van der Waals surface area contributed by atoms with Gasteiger partial charge in [-0.05, 0) is 51.6 Å². The molecule has 1 unspecified atom stereocenters. The Bertz CT molecular complexity index is 2310. The predicted molar refractivity (Wildman–Crippen MR) is 177 cm³/mol. The van der Waals surface area contributed by atoms with Crippen LogP contribution in [0.15, 0.2) is 133 Å². The van der Waals surface area contributed by atoms with Crippen LogP contribution < -0.4 is 15.9 Å². The first-order valence-electron chi connectivity index (χ1n) is 14.6. The van der Waals surface area contributed by atoms with E-state index in [1.54, 1.807) is 0 Å². The van der Waals surface area contributed by atoms with E-state index in [1.807, 2.05) is 36.4 Å². The van der Waals surface area contributed by atoms with E-state index in [2.05, 4.69) is 115 Å². The highest BCUT2D eigenvalue weighted by molar-refractivity contribution is 7.86. The summed E-state index contributed by atoms with van der Waals surface area (Å²) < 4.78 is 18.1. The lowest BCUT2D eigenvalue weighted by molar-refractivity contribution is 0.593. The van der Waals surface area contributed by atoms with Crippen molar-refractivity contribution in [3.05, 3.63) is 145 Å². The summed E-state index contributed by atoms with van der Waals surface area (Å²) in [6.07, 6.45) is 0. The third-order valence-electron chi connectivity index (χ3n) is 9.60. The molecule has 0 amide bonds. The minimum absolute atomic E-state index is 0.113. The molecule has 1 aromatic heterocycles. The highest BCUT2D eigenvalue weighted by Crippen LogP contribution is 2.55. The highest BCUT2D eigenvalue weighted by atomic mass is 31.2. The van der Waals surface area contributed by atoms with E-state index in [-0.39, 0.29) is 5.41 Å². The number of benzene rings is 6. The minimum Gasteiger partial charge on any atom is -0.309 e. The van der Waals surface area contributed by atoms with E-state index < -0.39 is 7.14 Å². The molecular formula is C39H28NOP. The van der Waals surface area contributed by atoms with Crippen LogP contribution in [0, 0.1) is 0 Å². The van der Waals surface area contributed by atoms with Crippen LogP contribution in [0.25, 0.3) is 49.7 Å². The molecule has 0 bridgehead atoms. The fraction of sp³-hybridized carbons (Fsp3) is 0.0769. The maximum Gasteiger partial charge on any atom is 0.174 e. The third kappa shape index (κ3) is 2.88. The molecule has 0 N–H and O–H groups in total. The predicted octanol–water partition coefficient (Wildman–Crippen LogP) is 8.71. The van der Waals surface area contributed by atoms with Crippen molar-refractivity contribution in [1.82, 2.24) is 4.57 Å². The molecule has 0 spiro atoms. The number of nitrogens with zero attached hydrogens (tertiary/aromatic N) is 1. The first kappa shape index (κ1) is 24.0. The molecule has 200 valence electrons. The van der Waals surface area contributed by atoms with Crippen LogP contribution >= 0.6 is 7.14 Å². The lowest BCUT2D eigenvalue weighted by Crippen LogP contribution is -2.22.